The number of ether oxygens (including phenoxy) is 1. The fourth-order valence-electron chi connectivity index (χ4n) is 3.26. The van der Waals surface area contributed by atoms with Crippen LogP contribution in [0.1, 0.15) is 50.5 Å². The predicted octanol–water partition coefficient (Wildman–Crippen LogP) is 3.18. The normalized spacial score (nSPS) is 21.2. The highest BCUT2D eigenvalue weighted by molar-refractivity contribution is 5.88. The molecule has 0 radical (unpaired) electrons. The van der Waals surface area contributed by atoms with Crippen LogP contribution in [0.5, 0.6) is 5.75 Å². The summed E-state index contributed by atoms with van der Waals surface area (Å²) in [5, 5.41) is 3.22. The molecule has 0 spiro atoms. The van der Waals surface area contributed by atoms with Crippen LogP contribution in [0.2, 0.25) is 0 Å². The van der Waals surface area contributed by atoms with Gasteiger partial charge in [0.25, 0.3) is 0 Å². The third-order valence-electron chi connectivity index (χ3n) is 4.70. The van der Waals surface area contributed by atoms with E-state index < -0.39 is 0 Å². The third kappa shape index (κ3) is 2.54. The van der Waals surface area contributed by atoms with E-state index in [1.807, 2.05) is 12.1 Å². The molecule has 2 fully saturated rings. The van der Waals surface area contributed by atoms with Crippen LogP contribution in [0.25, 0.3) is 0 Å². The molecule has 108 valence electrons. The Morgan fingerprint density at radius 1 is 1.15 bits per heavy atom. The molecule has 0 aliphatic heterocycles. The molecule has 3 heteroatoms. The molecule has 2 saturated carbocycles. The van der Waals surface area contributed by atoms with Gasteiger partial charge in [0.2, 0.25) is 5.91 Å². The molecule has 20 heavy (non-hydrogen) atoms. The van der Waals surface area contributed by atoms with E-state index in [1.165, 1.54) is 6.42 Å². The largest absolute Gasteiger partial charge is 0.497 e. The molecule has 0 heterocycles. The van der Waals surface area contributed by atoms with Gasteiger partial charge in [-0.1, -0.05) is 31.4 Å². The lowest BCUT2D eigenvalue weighted by atomic mass is 9.68. The zero-order chi connectivity index (χ0) is 14.0. The van der Waals surface area contributed by atoms with Gasteiger partial charge in [0.1, 0.15) is 5.75 Å². The fraction of sp³-hybridized carbons (Fsp3) is 0.588. The van der Waals surface area contributed by atoms with Gasteiger partial charge in [-0.15, -0.1) is 0 Å². The molecule has 3 rings (SSSR count). The van der Waals surface area contributed by atoms with Gasteiger partial charge in [-0.05, 0) is 43.4 Å². The van der Waals surface area contributed by atoms with Crippen molar-refractivity contribution in [3.05, 3.63) is 29.8 Å². The number of carbonyl (C=O) groups excluding carboxylic acids is 1. The smallest absolute Gasteiger partial charge is 0.230 e. The van der Waals surface area contributed by atoms with Crippen LogP contribution in [-0.4, -0.2) is 19.1 Å². The first-order valence-corrected chi connectivity index (χ1v) is 7.70. The molecule has 0 atom stereocenters. The number of amides is 1. The highest BCUT2D eigenvalue weighted by atomic mass is 16.5. The van der Waals surface area contributed by atoms with Crippen molar-refractivity contribution in [2.45, 2.75) is 56.4 Å². The molecule has 2 aliphatic rings. The summed E-state index contributed by atoms with van der Waals surface area (Å²) in [5.41, 5.74) is 0.837. The summed E-state index contributed by atoms with van der Waals surface area (Å²) in [6, 6.07) is 8.50. The van der Waals surface area contributed by atoms with Crippen LogP contribution >= 0.6 is 0 Å². The third-order valence-corrected chi connectivity index (χ3v) is 4.70. The number of methoxy groups -OCH3 is 1. The van der Waals surface area contributed by atoms with E-state index in [0.717, 1.165) is 49.8 Å². The molecule has 0 unspecified atom stereocenters. The Kier molecular flexibility index (Phi) is 3.68. The summed E-state index contributed by atoms with van der Waals surface area (Å²) in [6.07, 6.45) is 7.76. The first kappa shape index (κ1) is 13.5. The van der Waals surface area contributed by atoms with Crippen molar-refractivity contribution < 1.29 is 9.53 Å². The quantitative estimate of drug-likeness (QED) is 0.915. The number of carbonyl (C=O) groups is 1. The molecular weight excluding hydrogens is 250 g/mol. The average molecular weight is 273 g/mol. The lowest BCUT2D eigenvalue weighted by molar-refractivity contribution is -0.128. The second-order valence-corrected chi connectivity index (χ2v) is 6.12. The van der Waals surface area contributed by atoms with E-state index in [9.17, 15) is 4.79 Å². The molecule has 2 aliphatic carbocycles. The zero-order valence-electron chi connectivity index (χ0n) is 12.2. The lowest BCUT2D eigenvalue weighted by Gasteiger charge is -2.36. The first-order chi connectivity index (χ1) is 9.74. The average Bonchev–Trinajstić information content (AvgIpc) is 3.32. The number of hydrogen-bond donors (Lipinski definition) is 1. The van der Waals surface area contributed by atoms with Crippen LogP contribution in [-0.2, 0) is 10.2 Å². The Morgan fingerprint density at radius 2 is 1.80 bits per heavy atom. The Labute approximate surface area is 120 Å². The molecule has 0 bridgehead atoms. The summed E-state index contributed by atoms with van der Waals surface area (Å²) in [6.45, 7) is 0. The monoisotopic (exact) mass is 273 g/mol. The van der Waals surface area contributed by atoms with Crippen molar-refractivity contribution in [3.8, 4) is 5.75 Å². The van der Waals surface area contributed by atoms with Crippen LogP contribution < -0.4 is 10.1 Å². The van der Waals surface area contributed by atoms with Gasteiger partial charge in [0.05, 0.1) is 12.5 Å². The predicted molar refractivity (Wildman–Crippen MR) is 78.9 cm³/mol. The Morgan fingerprint density at radius 3 is 2.35 bits per heavy atom. The number of nitrogens with one attached hydrogen (secondary N) is 1. The first-order valence-electron chi connectivity index (χ1n) is 7.70. The van der Waals surface area contributed by atoms with E-state index in [1.54, 1.807) is 7.11 Å². The molecule has 0 saturated heterocycles. The van der Waals surface area contributed by atoms with Crippen molar-refractivity contribution in [2.24, 2.45) is 0 Å². The van der Waals surface area contributed by atoms with Gasteiger partial charge in [-0.2, -0.15) is 0 Å². The van der Waals surface area contributed by atoms with Crippen molar-refractivity contribution in [3.63, 3.8) is 0 Å². The maximum absolute atomic E-state index is 12.8. The van der Waals surface area contributed by atoms with Crippen molar-refractivity contribution in [1.29, 1.82) is 0 Å². The van der Waals surface area contributed by atoms with Crippen molar-refractivity contribution >= 4 is 5.91 Å². The fourth-order valence-corrected chi connectivity index (χ4v) is 3.26. The van der Waals surface area contributed by atoms with E-state index in [0.29, 0.717) is 6.04 Å². The van der Waals surface area contributed by atoms with Crippen LogP contribution in [0.15, 0.2) is 24.3 Å². The van der Waals surface area contributed by atoms with E-state index >= 15 is 0 Å². The molecular formula is C17H23NO2. The number of rotatable bonds is 4. The maximum atomic E-state index is 12.8. The minimum absolute atomic E-state index is 0.241. The van der Waals surface area contributed by atoms with Gasteiger partial charge >= 0.3 is 0 Å². The van der Waals surface area contributed by atoms with Gasteiger partial charge in [-0.3, -0.25) is 4.79 Å². The topological polar surface area (TPSA) is 38.3 Å². The molecule has 0 aromatic heterocycles. The summed E-state index contributed by atoms with van der Waals surface area (Å²) in [5.74, 6) is 1.09. The van der Waals surface area contributed by atoms with Crippen LogP contribution in [0.3, 0.4) is 0 Å². The van der Waals surface area contributed by atoms with E-state index in [2.05, 4.69) is 17.4 Å². The highest BCUT2D eigenvalue weighted by Gasteiger charge is 2.42. The lowest BCUT2D eigenvalue weighted by Crippen LogP contribution is -2.46. The summed E-state index contributed by atoms with van der Waals surface area (Å²) < 4.78 is 5.22. The Balaban J connectivity index is 1.88. The van der Waals surface area contributed by atoms with Crippen molar-refractivity contribution in [1.82, 2.24) is 5.32 Å². The summed E-state index contributed by atoms with van der Waals surface area (Å²) in [4.78, 5) is 12.8. The molecule has 1 aromatic carbocycles. The second kappa shape index (κ2) is 5.47. The summed E-state index contributed by atoms with van der Waals surface area (Å²) in [7, 11) is 1.67. The molecule has 3 nitrogen and oxygen atoms in total. The second-order valence-electron chi connectivity index (χ2n) is 6.12. The minimum Gasteiger partial charge on any atom is -0.497 e. The number of benzene rings is 1. The molecule has 1 N–H and O–H groups in total. The van der Waals surface area contributed by atoms with E-state index in [-0.39, 0.29) is 11.3 Å². The van der Waals surface area contributed by atoms with Gasteiger partial charge in [0, 0.05) is 6.04 Å². The van der Waals surface area contributed by atoms with E-state index in [4.69, 9.17) is 4.74 Å². The maximum Gasteiger partial charge on any atom is 0.230 e. The van der Waals surface area contributed by atoms with Gasteiger partial charge in [-0.25, -0.2) is 0 Å². The van der Waals surface area contributed by atoms with Crippen molar-refractivity contribution in [2.75, 3.05) is 7.11 Å². The van der Waals surface area contributed by atoms with Gasteiger partial charge < -0.3 is 10.1 Å². The highest BCUT2D eigenvalue weighted by Crippen LogP contribution is 2.41. The van der Waals surface area contributed by atoms with Crippen LogP contribution in [0.4, 0.5) is 0 Å². The SMILES string of the molecule is COc1ccc(C2(C(=O)NC3CC3)CCCCC2)cc1. The standard InChI is InChI=1S/C17H23NO2/c1-20-15-9-5-13(6-10-15)17(11-3-2-4-12-17)16(19)18-14-7-8-14/h5-6,9-10,14H,2-4,7-8,11-12H2,1H3,(H,18,19). The summed E-state index contributed by atoms with van der Waals surface area (Å²) >= 11 is 0. The molecule has 1 amide bonds. The Hall–Kier alpha value is -1.51. The zero-order valence-corrected chi connectivity index (χ0v) is 12.2. The van der Waals surface area contributed by atoms with Crippen LogP contribution in [0, 0.1) is 0 Å². The number of hydrogen-bond acceptors (Lipinski definition) is 2. The minimum atomic E-state index is -0.312. The Bertz CT molecular complexity index is 470. The van der Waals surface area contributed by atoms with Gasteiger partial charge in [0.15, 0.2) is 0 Å². The molecule has 1 aromatic rings.